The number of hydrogen-bond acceptors (Lipinski definition) is 7. The van der Waals surface area contributed by atoms with E-state index in [-0.39, 0.29) is 19.1 Å². The smallest absolute Gasteiger partial charge is 0.279 e. The van der Waals surface area contributed by atoms with Crippen LogP contribution < -0.4 is 4.90 Å². The Hall–Kier alpha value is -2.46. The average molecular weight is 456 g/mol. The lowest BCUT2D eigenvalue weighted by Crippen LogP contribution is -2.42. The second-order valence-electron chi connectivity index (χ2n) is 9.13. The summed E-state index contributed by atoms with van der Waals surface area (Å²) >= 11 is 1.69. The van der Waals surface area contributed by atoms with Gasteiger partial charge in [0.1, 0.15) is 18.4 Å². The number of carbonyl (C=O) groups is 1. The molecule has 8 nitrogen and oxygen atoms in total. The number of nitrogens with zero attached hydrogens (tertiary/aromatic N) is 5. The normalized spacial score (nSPS) is 19.3. The van der Waals surface area contributed by atoms with E-state index >= 15 is 0 Å². The summed E-state index contributed by atoms with van der Waals surface area (Å²) in [4.78, 5) is 29.3. The van der Waals surface area contributed by atoms with E-state index < -0.39 is 6.10 Å². The molecule has 0 spiro atoms. The van der Waals surface area contributed by atoms with E-state index in [9.17, 15) is 9.90 Å². The highest BCUT2D eigenvalue weighted by Gasteiger charge is 2.35. The highest BCUT2D eigenvalue weighted by Crippen LogP contribution is 2.41. The monoisotopic (exact) mass is 455 g/mol. The summed E-state index contributed by atoms with van der Waals surface area (Å²) in [6, 6.07) is 6.03. The van der Waals surface area contributed by atoms with Crippen molar-refractivity contribution in [1.82, 2.24) is 19.5 Å². The third-order valence-electron chi connectivity index (χ3n) is 5.85. The minimum absolute atomic E-state index is 0.152. The predicted molar refractivity (Wildman–Crippen MR) is 125 cm³/mol. The first-order valence-corrected chi connectivity index (χ1v) is 11.8. The summed E-state index contributed by atoms with van der Waals surface area (Å²) in [6.07, 6.45) is 3.18. The molecule has 9 heteroatoms. The van der Waals surface area contributed by atoms with Gasteiger partial charge in [-0.1, -0.05) is 13.8 Å². The summed E-state index contributed by atoms with van der Waals surface area (Å²) in [6.45, 7) is 7.82. The maximum atomic E-state index is 13.6. The topological polar surface area (TPSA) is 74.1 Å². The lowest BCUT2D eigenvalue weighted by atomic mass is 10.1. The number of aliphatic hydroxyl groups excluding tert-OH is 1. The Morgan fingerprint density at radius 2 is 2.22 bits per heavy atom. The quantitative estimate of drug-likeness (QED) is 0.638. The van der Waals surface area contributed by atoms with Crippen molar-refractivity contribution >= 4 is 33.3 Å². The summed E-state index contributed by atoms with van der Waals surface area (Å²) in [7, 11) is 2.08. The van der Waals surface area contributed by atoms with Gasteiger partial charge in [-0.3, -0.25) is 14.5 Å². The molecule has 0 bridgehead atoms. The van der Waals surface area contributed by atoms with Crippen LogP contribution in [0.2, 0.25) is 0 Å². The highest BCUT2D eigenvalue weighted by molar-refractivity contribution is 7.16. The van der Waals surface area contributed by atoms with Gasteiger partial charge in [-0.2, -0.15) is 0 Å². The van der Waals surface area contributed by atoms with Gasteiger partial charge < -0.3 is 14.6 Å². The molecule has 3 aromatic heterocycles. The minimum atomic E-state index is -0.644. The van der Waals surface area contributed by atoms with Gasteiger partial charge in [-0.25, -0.2) is 10.0 Å². The van der Waals surface area contributed by atoms with Gasteiger partial charge in [-0.05, 0) is 31.2 Å². The molecule has 0 radical (unpaired) electrons. The van der Waals surface area contributed by atoms with E-state index in [0.29, 0.717) is 24.6 Å². The second-order valence-corrected chi connectivity index (χ2v) is 10.2. The fourth-order valence-corrected chi connectivity index (χ4v) is 5.87. The average Bonchev–Trinajstić information content (AvgIpc) is 3.45. The van der Waals surface area contributed by atoms with Crippen molar-refractivity contribution in [3.8, 4) is 0 Å². The Labute approximate surface area is 191 Å². The SMILES string of the molecule is CC(C)CN1CN(C)Cc2c1sc(Cn1ccc3cccnc31)c2C(=O)N1C[C@H](O)CO1. The van der Waals surface area contributed by atoms with Gasteiger partial charge in [0.15, 0.2) is 0 Å². The molecule has 1 fully saturated rings. The molecule has 2 aliphatic rings. The Morgan fingerprint density at radius 3 is 2.97 bits per heavy atom. The second kappa shape index (κ2) is 8.47. The molecule has 1 N–H and O–H groups in total. The van der Waals surface area contributed by atoms with Gasteiger partial charge in [0.25, 0.3) is 5.91 Å². The third-order valence-corrected chi connectivity index (χ3v) is 7.13. The van der Waals surface area contributed by atoms with Crippen LogP contribution in [0.3, 0.4) is 0 Å². The van der Waals surface area contributed by atoms with E-state index in [2.05, 4.69) is 46.3 Å². The molecular weight excluding hydrogens is 426 g/mol. The van der Waals surface area contributed by atoms with Crippen molar-refractivity contribution in [1.29, 1.82) is 0 Å². The number of amides is 1. The summed E-state index contributed by atoms with van der Waals surface area (Å²) in [5.41, 5.74) is 2.66. The van der Waals surface area contributed by atoms with Gasteiger partial charge in [0.2, 0.25) is 0 Å². The van der Waals surface area contributed by atoms with Crippen molar-refractivity contribution in [3.63, 3.8) is 0 Å². The van der Waals surface area contributed by atoms with Crippen molar-refractivity contribution < 1.29 is 14.7 Å². The van der Waals surface area contributed by atoms with Gasteiger partial charge in [0, 0.05) is 41.3 Å². The number of carbonyl (C=O) groups excluding carboxylic acids is 1. The Balaban J connectivity index is 1.59. The fourth-order valence-electron chi connectivity index (χ4n) is 4.57. The molecule has 32 heavy (non-hydrogen) atoms. The Kier molecular flexibility index (Phi) is 5.66. The largest absolute Gasteiger partial charge is 0.389 e. The van der Waals surface area contributed by atoms with Crippen LogP contribution >= 0.6 is 11.3 Å². The van der Waals surface area contributed by atoms with Crippen LogP contribution in [0, 0.1) is 5.92 Å². The standard InChI is InChI=1S/C23H29N5O3S/c1-15(2)9-27-14-25(3)11-18-20(22(30)28-10-17(29)13-31-28)19(32-23(18)27)12-26-8-6-16-5-4-7-24-21(16)26/h4-8,15,17,29H,9-14H2,1-3H3/t17-/m0/s1. The molecule has 5 heterocycles. The van der Waals surface area contributed by atoms with Crippen molar-refractivity contribution in [3.05, 3.63) is 46.6 Å². The lowest BCUT2D eigenvalue weighted by molar-refractivity contribution is -0.0780. The molecule has 0 aliphatic carbocycles. The van der Waals surface area contributed by atoms with Gasteiger partial charge in [0.05, 0.1) is 30.3 Å². The first-order valence-electron chi connectivity index (χ1n) is 11.0. The maximum absolute atomic E-state index is 13.6. The number of pyridine rings is 1. The number of anilines is 1. The number of thiophene rings is 1. The van der Waals surface area contributed by atoms with Crippen LogP contribution in [0.15, 0.2) is 30.6 Å². The van der Waals surface area contributed by atoms with Gasteiger partial charge in [-0.15, -0.1) is 11.3 Å². The van der Waals surface area contributed by atoms with Crippen molar-refractivity contribution in [2.45, 2.75) is 33.0 Å². The van der Waals surface area contributed by atoms with Crippen LogP contribution in [-0.2, 0) is 17.9 Å². The van der Waals surface area contributed by atoms with E-state index in [4.69, 9.17) is 4.84 Å². The van der Waals surface area contributed by atoms with Crippen molar-refractivity contribution in [2.75, 3.05) is 38.3 Å². The highest BCUT2D eigenvalue weighted by atomic mass is 32.1. The van der Waals surface area contributed by atoms with Crippen LogP contribution in [-0.4, -0.2) is 70.0 Å². The summed E-state index contributed by atoms with van der Waals surface area (Å²) in [5.74, 6) is 0.340. The molecule has 1 saturated heterocycles. The molecule has 170 valence electrons. The molecule has 1 amide bonds. The number of hydrogen-bond donors (Lipinski definition) is 1. The number of fused-ring (bicyclic) bond motifs is 2. The molecular formula is C23H29N5O3S. The Morgan fingerprint density at radius 1 is 1.38 bits per heavy atom. The first-order chi connectivity index (χ1) is 15.4. The van der Waals surface area contributed by atoms with E-state index in [1.165, 1.54) is 10.1 Å². The Bertz CT molecular complexity index is 1140. The van der Waals surface area contributed by atoms with Gasteiger partial charge >= 0.3 is 0 Å². The molecule has 3 aromatic rings. The van der Waals surface area contributed by atoms with E-state index in [1.54, 1.807) is 17.5 Å². The maximum Gasteiger partial charge on any atom is 0.279 e. The fraction of sp³-hybridized carbons (Fsp3) is 0.478. The van der Waals surface area contributed by atoms with Crippen LogP contribution in [0.5, 0.6) is 0 Å². The zero-order chi connectivity index (χ0) is 22.4. The molecule has 0 aromatic carbocycles. The molecule has 5 rings (SSSR count). The molecule has 1 atom stereocenters. The zero-order valence-corrected chi connectivity index (χ0v) is 19.5. The third kappa shape index (κ3) is 3.90. The van der Waals surface area contributed by atoms with Crippen LogP contribution in [0.1, 0.15) is 34.6 Å². The number of aromatic nitrogens is 2. The summed E-state index contributed by atoms with van der Waals surface area (Å²) in [5, 5.41) is 13.5. The first kappa shape index (κ1) is 21.4. The summed E-state index contributed by atoms with van der Waals surface area (Å²) < 4.78 is 2.10. The number of hydroxylamine groups is 2. The predicted octanol–water partition coefficient (Wildman–Crippen LogP) is 2.76. The lowest BCUT2D eigenvalue weighted by Gasteiger charge is -2.36. The van der Waals surface area contributed by atoms with E-state index in [1.807, 2.05) is 18.3 Å². The number of rotatable bonds is 5. The minimum Gasteiger partial charge on any atom is -0.389 e. The van der Waals surface area contributed by atoms with Crippen LogP contribution in [0.25, 0.3) is 11.0 Å². The molecule has 0 saturated carbocycles. The molecule has 0 unspecified atom stereocenters. The van der Waals surface area contributed by atoms with E-state index in [0.717, 1.165) is 34.7 Å². The zero-order valence-electron chi connectivity index (χ0n) is 18.7. The van der Waals surface area contributed by atoms with Crippen molar-refractivity contribution in [2.24, 2.45) is 5.92 Å². The molecule has 2 aliphatic heterocycles. The number of aliphatic hydroxyl groups is 1. The van der Waals surface area contributed by atoms with Crippen LogP contribution in [0.4, 0.5) is 5.00 Å². The number of β-amino-alcohol motifs (C(OH)–C–C–N with tert-alkyl or cyclic N) is 1.